The number of hydrogen-bond acceptors (Lipinski definition) is 2. The monoisotopic (exact) mass is 221 g/mol. The standard InChI is InChI=1S/C12H12ClNO/c1-3-15-11-7-5-4-6-10(11)12(13)9(2)8-14/h4-7H,3H2,1-2H3. The number of nitrogens with zero attached hydrogens (tertiary/aromatic N) is 1. The van der Waals surface area contributed by atoms with Crippen LogP contribution in [0.4, 0.5) is 0 Å². The Morgan fingerprint density at radius 3 is 2.73 bits per heavy atom. The van der Waals surface area contributed by atoms with Crippen LogP contribution in [0.3, 0.4) is 0 Å². The Hall–Kier alpha value is -1.46. The Bertz CT molecular complexity index is 418. The van der Waals surface area contributed by atoms with Crippen LogP contribution in [0.2, 0.25) is 0 Å². The molecule has 0 radical (unpaired) electrons. The first kappa shape index (κ1) is 11.6. The second-order valence-corrected chi connectivity index (χ2v) is 3.36. The van der Waals surface area contributed by atoms with Crippen molar-refractivity contribution in [2.75, 3.05) is 6.61 Å². The number of allylic oxidation sites excluding steroid dienone is 1. The van der Waals surface area contributed by atoms with Gasteiger partial charge in [0.05, 0.1) is 17.7 Å². The number of nitriles is 1. The van der Waals surface area contributed by atoms with Crippen molar-refractivity contribution in [3.05, 3.63) is 35.4 Å². The second-order valence-electron chi connectivity index (χ2n) is 2.98. The predicted octanol–water partition coefficient (Wildman–Crippen LogP) is 3.58. The van der Waals surface area contributed by atoms with Gasteiger partial charge in [0, 0.05) is 11.1 Å². The maximum absolute atomic E-state index is 8.75. The van der Waals surface area contributed by atoms with E-state index in [0.29, 0.717) is 23.0 Å². The topological polar surface area (TPSA) is 33.0 Å². The number of ether oxygens (including phenoxy) is 1. The molecule has 0 fully saturated rings. The molecule has 1 rings (SSSR count). The molecule has 1 aromatic rings. The van der Waals surface area contributed by atoms with E-state index in [-0.39, 0.29) is 0 Å². The van der Waals surface area contributed by atoms with Crippen molar-refractivity contribution >= 4 is 16.6 Å². The van der Waals surface area contributed by atoms with Crippen molar-refractivity contribution in [1.29, 1.82) is 5.26 Å². The fourth-order valence-corrected chi connectivity index (χ4v) is 1.38. The lowest BCUT2D eigenvalue weighted by molar-refractivity contribution is 0.339. The van der Waals surface area contributed by atoms with Crippen molar-refractivity contribution in [3.8, 4) is 11.8 Å². The van der Waals surface area contributed by atoms with Crippen molar-refractivity contribution < 1.29 is 4.74 Å². The molecule has 0 aliphatic carbocycles. The molecule has 0 atom stereocenters. The molecule has 0 N–H and O–H groups in total. The molecule has 0 amide bonds. The third kappa shape index (κ3) is 2.74. The van der Waals surface area contributed by atoms with Gasteiger partial charge >= 0.3 is 0 Å². The van der Waals surface area contributed by atoms with Crippen LogP contribution in [0.15, 0.2) is 29.8 Å². The van der Waals surface area contributed by atoms with Gasteiger partial charge < -0.3 is 4.74 Å². The van der Waals surface area contributed by atoms with Gasteiger partial charge in [0.2, 0.25) is 0 Å². The minimum atomic E-state index is 0.446. The molecular weight excluding hydrogens is 210 g/mol. The predicted molar refractivity (Wildman–Crippen MR) is 61.7 cm³/mol. The summed E-state index contributed by atoms with van der Waals surface area (Å²) < 4.78 is 5.42. The van der Waals surface area contributed by atoms with Gasteiger partial charge in [0.25, 0.3) is 0 Å². The lowest BCUT2D eigenvalue weighted by Crippen LogP contribution is -1.95. The third-order valence-corrected chi connectivity index (χ3v) is 2.41. The molecule has 0 saturated carbocycles. The highest BCUT2D eigenvalue weighted by molar-refractivity contribution is 6.49. The Kier molecular flexibility index (Phi) is 4.20. The van der Waals surface area contributed by atoms with Gasteiger partial charge in [0.1, 0.15) is 5.75 Å². The Morgan fingerprint density at radius 2 is 2.13 bits per heavy atom. The first-order chi connectivity index (χ1) is 7.20. The lowest BCUT2D eigenvalue weighted by Gasteiger charge is -2.09. The average molecular weight is 222 g/mol. The summed E-state index contributed by atoms with van der Waals surface area (Å²) in [4.78, 5) is 0. The van der Waals surface area contributed by atoms with E-state index < -0.39 is 0 Å². The molecule has 0 saturated heterocycles. The van der Waals surface area contributed by atoms with Crippen molar-refractivity contribution in [2.24, 2.45) is 0 Å². The highest BCUT2D eigenvalue weighted by atomic mass is 35.5. The van der Waals surface area contributed by atoms with E-state index in [1.54, 1.807) is 6.92 Å². The van der Waals surface area contributed by atoms with Crippen LogP contribution >= 0.6 is 11.6 Å². The molecule has 0 bridgehead atoms. The molecule has 78 valence electrons. The minimum absolute atomic E-state index is 0.446. The summed E-state index contributed by atoms with van der Waals surface area (Å²) in [5.74, 6) is 0.708. The van der Waals surface area contributed by atoms with E-state index in [0.717, 1.165) is 5.56 Å². The van der Waals surface area contributed by atoms with Crippen molar-refractivity contribution in [1.82, 2.24) is 0 Å². The summed E-state index contributed by atoms with van der Waals surface area (Å²) in [7, 11) is 0. The Labute approximate surface area is 94.7 Å². The molecule has 2 nitrogen and oxygen atoms in total. The maximum atomic E-state index is 8.75. The van der Waals surface area contributed by atoms with Gasteiger partial charge in [-0.15, -0.1) is 0 Å². The van der Waals surface area contributed by atoms with Crippen molar-refractivity contribution in [2.45, 2.75) is 13.8 Å². The molecular formula is C12H12ClNO. The molecule has 0 aromatic heterocycles. The smallest absolute Gasteiger partial charge is 0.128 e. The van der Waals surface area contributed by atoms with Crippen LogP contribution in [0, 0.1) is 11.3 Å². The van der Waals surface area contributed by atoms with E-state index in [4.69, 9.17) is 21.6 Å². The zero-order chi connectivity index (χ0) is 11.3. The summed E-state index contributed by atoms with van der Waals surface area (Å²) in [6.45, 7) is 4.17. The number of rotatable bonds is 3. The van der Waals surface area contributed by atoms with Crippen LogP contribution in [0.5, 0.6) is 5.75 Å². The van der Waals surface area contributed by atoms with Gasteiger partial charge in [-0.3, -0.25) is 0 Å². The molecule has 0 aliphatic heterocycles. The summed E-state index contributed by atoms with van der Waals surface area (Å²) in [6, 6.07) is 9.45. The normalized spacial score (nSPS) is 11.6. The summed E-state index contributed by atoms with van der Waals surface area (Å²) >= 11 is 6.07. The number of halogens is 1. The Morgan fingerprint density at radius 1 is 1.47 bits per heavy atom. The summed E-state index contributed by atoms with van der Waals surface area (Å²) in [5, 5.41) is 9.20. The fraction of sp³-hybridized carbons (Fsp3) is 0.250. The first-order valence-corrected chi connectivity index (χ1v) is 5.07. The van der Waals surface area contributed by atoms with Gasteiger partial charge in [-0.25, -0.2) is 0 Å². The maximum Gasteiger partial charge on any atom is 0.128 e. The van der Waals surface area contributed by atoms with E-state index in [1.807, 2.05) is 37.3 Å². The molecule has 0 unspecified atom stereocenters. The van der Waals surface area contributed by atoms with Crippen LogP contribution in [0.25, 0.3) is 5.03 Å². The molecule has 15 heavy (non-hydrogen) atoms. The average Bonchev–Trinajstić information content (AvgIpc) is 2.28. The van der Waals surface area contributed by atoms with Gasteiger partial charge in [0.15, 0.2) is 0 Å². The fourth-order valence-electron chi connectivity index (χ4n) is 1.18. The second kappa shape index (κ2) is 5.43. The van der Waals surface area contributed by atoms with Gasteiger partial charge in [-0.05, 0) is 26.0 Å². The van der Waals surface area contributed by atoms with Gasteiger partial charge in [-0.2, -0.15) is 5.26 Å². The quantitative estimate of drug-likeness (QED) is 0.731. The number of para-hydroxylation sites is 1. The molecule has 0 spiro atoms. The highest BCUT2D eigenvalue weighted by Gasteiger charge is 2.08. The number of benzene rings is 1. The third-order valence-electron chi connectivity index (χ3n) is 1.92. The van der Waals surface area contributed by atoms with E-state index in [9.17, 15) is 0 Å². The molecule has 0 heterocycles. The summed E-state index contributed by atoms with van der Waals surface area (Å²) in [6.07, 6.45) is 0. The van der Waals surface area contributed by atoms with Crippen LogP contribution < -0.4 is 4.74 Å². The van der Waals surface area contributed by atoms with E-state index in [1.165, 1.54) is 0 Å². The lowest BCUT2D eigenvalue weighted by atomic mass is 10.1. The van der Waals surface area contributed by atoms with E-state index >= 15 is 0 Å². The zero-order valence-electron chi connectivity index (χ0n) is 8.75. The summed E-state index contributed by atoms with van der Waals surface area (Å²) in [5.41, 5.74) is 1.25. The number of hydrogen-bond donors (Lipinski definition) is 0. The molecule has 3 heteroatoms. The van der Waals surface area contributed by atoms with Crippen LogP contribution in [0.1, 0.15) is 19.4 Å². The first-order valence-electron chi connectivity index (χ1n) is 4.69. The molecule has 0 aliphatic rings. The minimum Gasteiger partial charge on any atom is -0.493 e. The largest absolute Gasteiger partial charge is 0.493 e. The van der Waals surface area contributed by atoms with Crippen molar-refractivity contribution in [3.63, 3.8) is 0 Å². The van der Waals surface area contributed by atoms with E-state index in [2.05, 4.69) is 0 Å². The van der Waals surface area contributed by atoms with Crippen LogP contribution in [-0.2, 0) is 0 Å². The SMILES string of the molecule is CCOc1ccccc1C(Cl)=C(C)C#N. The van der Waals surface area contributed by atoms with Gasteiger partial charge in [-0.1, -0.05) is 23.7 Å². The Balaban J connectivity index is 3.20. The van der Waals surface area contributed by atoms with Crippen LogP contribution in [-0.4, -0.2) is 6.61 Å². The molecule has 1 aromatic carbocycles. The highest BCUT2D eigenvalue weighted by Crippen LogP contribution is 2.30. The zero-order valence-corrected chi connectivity index (χ0v) is 9.51.